The molecular formula is C28H26N2O2S. The van der Waals surface area contributed by atoms with Crippen molar-refractivity contribution < 1.29 is 9.53 Å². The van der Waals surface area contributed by atoms with Gasteiger partial charge in [-0.3, -0.25) is 4.79 Å². The van der Waals surface area contributed by atoms with E-state index in [4.69, 9.17) is 4.74 Å². The summed E-state index contributed by atoms with van der Waals surface area (Å²) in [6.45, 7) is 0.658. The number of hydrogen-bond acceptors (Lipinski definition) is 4. The molecule has 5 rings (SSSR count). The van der Waals surface area contributed by atoms with E-state index < -0.39 is 0 Å². The highest BCUT2D eigenvalue weighted by atomic mass is 32.2. The van der Waals surface area contributed by atoms with E-state index in [1.807, 2.05) is 53.5 Å². The van der Waals surface area contributed by atoms with Gasteiger partial charge in [-0.25, -0.2) is 4.98 Å². The number of carbonyl (C=O) groups is 1. The van der Waals surface area contributed by atoms with Crippen LogP contribution in [0.25, 0.3) is 0 Å². The first-order valence-electron chi connectivity index (χ1n) is 11.3. The summed E-state index contributed by atoms with van der Waals surface area (Å²) in [5.41, 5.74) is 4.27. The van der Waals surface area contributed by atoms with Crippen LogP contribution in [0.15, 0.2) is 96.4 Å². The van der Waals surface area contributed by atoms with E-state index in [9.17, 15) is 4.79 Å². The molecule has 0 N–H and O–H groups in total. The van der Waals surface area contributed by atoms with Gasteiger partial charge in [0.15, 0.2) is 5.78 Å². The number of imidazole rings is 1. The lowest BCUT2D eigenvalue weighted by atomic mass is 9.87. The zero-order chi connectivity index (χ0) is 22.5. The maximum atomic E-state index is 12.6. The molecule has 0 amide bonds. The van der Waals surface area contributed by atoms with Gasteiger partial charge in [0.1, 0.15) is 11.9 Å². The van der Waals surface area contributed by atoms with Crippen molar-refractivity contribution in [3.05, 3.63) is 114 Å². The predicted octanol–water partition coefficient (Wildman–Crippen LogP) is 6.51. The Kier molecular flexibility index (Phi) is 6.58. The molecule has 0 fully saturated rings. The first-order chi connectivity index (χ1) is 16.3. The second-order valence-electron chi connectivity index (χ2n) is 8.22. The molecule has 3 aromatic carbocycles. The first-order valence-corrected chi connectivity index (χ1v) is 12.3. The van der Waals surface area contributed by atoms with Crippen LogP contribution in [0, 0.1) is 0 Å². The van der Waals surface area contributed by atoms with Crippen molar-refractivity contribution in [2.75, 3.05) is 0 Å². The van der Waals surface area contributed by atoms with Crippen molar-refractivity contribution in [2.45, 2.75) is 42.6 Å². The van der Waals surface area contributed by atoms with Gasteiger partial charge in [-0.05, 0) is 48.2 Å². The quantitative estimate of drug-likeness (QED) is 0.285. The highest BCUT2D eigenvalue weighted by Gasteiger charge is 2.24. The fourth-order valence-corrected chi connectivity index (χ4v) is 5.31. The average Bonchev–Trinajstić information content (AvgIpc) is 3.37. The van der Waals surface area contributed by atoms with Crippen molar-refractivity contribution in [3.63, 3.8) is 0 Å². The van der Waals surface area contributed by atoms with Gasteiger partial charge in [-0.2, -0.15) is 0 Å². The van der Waals surface area contributed by atoms with E-state index in [0.29, 0.717) is 13.0 Å². The Morgan fingerprint density at radius 2 is 1.76 bits per heavy atom. The number of nitrogens with zero attached hydrogens (tertiary/aromatic N) is 2. The van der Waals surface area contributed by atoms with E-state index in [0.717, 1.165) is 46.6 Å². The smallest absolute Gasteiger partial charge is 0.163 e. The molecular weight excluding hydrogens is 428 g/mol. The van der Waals surface area contributed by atoms with Crippen LogP contribution in [0.4, 0.5) is 0 Å². The van der Waals surface area contributed by atoms with Gasteiger partial charge >= 0.3 is 0 Å². The molecule has 1 aliphatic rings. The van der Waals surface area contributed by atoms with Gasteiger partial charge in [-0.1, -0.05) is 48.5 Å². The summed E-state index contributed by atoms with van der Waals surface area (Å²) in [6, 6.07) is 24.6. The number of ether oxygens (including phenoxy) is 1. The summed E-state index contributed by atoms with van der Waals surface area (Å²) in [7, 11) is 0. The molecule has 1 atom stereocenters. The maximum Gasteiger partial charge on any atom is 0.163 e. The molecule has 1 aliphatic carbocycles. The van der Waals surface area contributed by atoms with Crippen molar-refractivity contribution in [3.8, 4) is 5.75 Å². The van der Waals surface area contributed by atoms with Gasteiger partial charge in [0.2, 0.25) is 0 Å². The average molecular weight is 455 g/mol. The van der Waals surface area contributed by atoms with E-state index in [1.165, 1.54) is 4.90 Å². The molecule has 1 aromatic heterocycles. The molecule has 166 valence electrons. The minimum Gasteiger partial charge on any atom is -0.484 e. The van der Waals surface area contributed by atoms with Crippen LogP contribution < -0.4 is 4.74 Å². The zero-order valence-electron chi connectivity index (χ0n) is 18.4. The highest BCUT2D eigenvalue weighted by molar-refractivity contribution is 7.98. The van der Waals surface area contributed by atoms with Crippen molar-refractivity contribution in [1.29, 1.82) is 0 Å². The van der Waals surface area contributed by atoms with Crippen molar-refractivity contribution in [1.82, 2.24) is 9.55 Å². The Hall–Kier alpha value is -3.31. The standard InChI is InChI=1S/C28H26N2O2S/c31-26-13-7-12-23-24(26)14-15-27(25(23)19-33-22-10-5-2-6-11-22)32-28(18-30-17-16-29-20-30)21-8-3-1-4-9-21/h1-6,8-11,14-17,20,28H,7,12-13,18-19H2/t28-/m1/s1. The number of aromatic nitrogens is 2. The third-order valence-electron chi connectivity index (χ3n) is 6.02. The summed E-state index contributed by atoms with van der Waals surface area (Å²) >= 11 is 1.78. The fourth-order valence-electron chi connectivity index (χ4n) is 4.34. The van der Waals surface area contributed by atoms with Gasteiger partial charge in [-0.15, -0.1) is 11.8 Å². The van der Waals surface area contributed by atoms with E-state index in [2.05, 4.69) is 41.4 Å². The van der Waals surface area contributed by atoms with Gasteiger partial charge in [0, 0.05) is 40.6 Å². The summed E-state index contributed by atoms with van der Waals surface area (Å²) < 4.78 is 8.76. The van der Waals surface area contributed by atoms with Crippen LogP contribution >= 0.6 is 11.8 Å². The molecule has 0 aliphatic heterocycles. The number of thioether (sulfide) groups is 1. The summed E-state index contributed by atoms with van der Waals surface area (Å²) in [5.74, 6) is 1.87. The summed E-state index contributed by atoms with van der Waals surface area (Å²) in [4.78, 5) is 18.0. The first kappa shape index (κ1) is 21.5. The lowest BCUT2D eigenvalue weighted by Crippen LogP contribution is -2.18. The molecule has 1 heterocycles. The second-order valence-corrected chi connectivity index (χ2v) is 9.27. The van der Waals surface area contributed by atoms with Crippen molar-refractivity contribution >= 4 is 17.5 Å². The minimum atomic E-state index is -0.168. The second kappa shape index (κ2) is 10.1. The summed E-state index contributed by atoms with van der Waals surface area (Å²) in [5, 5.41) is 0. The summed E-state index contributed by atoms with van der Waals surface area (Å²) in [6.07, 6.45) is 7.84. The Balaban J connectivity index is 1.50. The predicted molar refractivity (Wildman–Crippen MR) is 132 cm³/mol. The third kappa shape index (κ3) is 5.04. The Morgan fingerprint density at radius 1 is 0.970 bits per heavy atom. The van der Waals surface area contributed by atoms with E-state index in [1.54, 1.807) is 18.0 Å². The molecule has 33 heavy (non-hydrogen) atoms. The molecule has 0 unspecified atom stereocenters. The van der Waals surface area contributed by atoms with Crippen LogP contribution in [0.3, 0.4) is 0 Å². The number of rotatable bonds is 8. The number of benzene rings is 3. The molecule has 0 radical (unpaired) electrons. The lowest BCUT2D eigenvalue weighted by Gasteiger charge is -2.25. The molecule has 4 nitrogen and oxygen atoms in total. The lowest BCUT2D eigenvalue weighted by molar-refractivity contribution is 0.0972. The number of ketones is 1. The molecule has 0 saturated heterocycles. The molecule has 4 aromatic rings. The monoisotopic (exact) mass is 454 g/mol. The minimum absolute atomic E-state index is 0.168. The van der Waals surface area contributed by atoms with Crippen LogP contribution in [-0.2, 0) is 18.7 Å². The van der Waals surface area contributed by atoms with E-state index in [-0.39, 0.29) is 11.9 Å². The molecule has 0 bridgehead atoms. The SMILES string of the molecule is O=C1CCCc2c1ccc(O[C@H](Cn1ccnc1)c1ccccc1)c2CSc1ccccc1. The fraction of sp³-hybridized carbons (Fsp3) is 0.214. The number of fused-ring (bicyclic) bond motifs is 1. The topological polar surface area (TPSA) is 44.1 Å². The molecule has 0 saturated carbocycles. The largest absolute Gasteiger partial charge is 0.484 e. The normalized spacial score (nSPS) is 14.0. The number of Topliss-reactive ketones (excluding diaryl/α,β-unsaturated/α-hetero) is 1. The zero-order valence-corrected chi connectivity index (χ0v) is 19.2. The van der Waals surface area contributed by atoms with Gasteiger partial charge in [0.05, 0.1) is 12.9 Å². The highest BCUT2D eigenvalue weighted by Crippen LogP contribution is 2.37. The van der Waals surface area contributed by atoms with Crippen LogP contribution in [-0.4, -0.2) is 15.3 Å². The van der Waals surface area contributed by atoms with E-state index >= 15 is 0 Å². The number of carbonyl (C=O) groups excluding carboxylic acids is 1. The Morgan fingerprint density at radius 3 is 2.52 bits per heavy atom. The van der Waals surface area contributed by atoms with Crippen LogP contribution in [0.1, 0.15) is 46.0 Å². The number of hydrogen-bond donors (Lipinski definition) is 0. The van der Waals surface area contributed by atoms with Gasteiger partial charge < -0.3 is 9.30 Å². The molecule has 5 heteroatoms. The van der Waals surface area contributed by atoms with Gasteiger partial charge in [0.25, 0.3) is 0 Å². The van der Waals surface area contributed by atoms with Crippen molar-refractivity contribution in [2.24, 2.45) is 0 Å². The van der Waals surface area contributed by atoms with Crippen LogP contribution in [0.5, 0.6) is 5.75 Å². The Labute approximate surface area is 198 Å². The maximum absolute atomic E-state index is 12.6. The third-order valence-corrected chi connectivity index (χ3v) is 7.06. The van der Waals surface area contributed by atoms with Crippen LogP contribution in [0.2, 0.25) is 0 Å². The molecule has 0 spiro atoms. The Bertz CT molecular complexity index is 1210.